The van der Waals surface area contributed by atoms with E-state index in [1.165, 1.54) is 0 Å². The van der Waals surface area contributed by atoms with Crippen molar-refractivity contribution in [2.24, 2.45) is 0 Å². The summed E-state index contributed by atoms with van der Waals surface area (Å²) >= 11 is 0. The third kappa shape index (κ3) is 4.00. The van der Waals surface area contributed by atoms with Gasteiger partial charge in [0, 0.05) is 12.8 Å². The summed E-state index contributed by atoms with van der Waals surface area (Å²) in [4.78, 5) is 1.59. The molecule has 0 aromatic rings. The molecule has 0 spiro atoms. The standard InChI is InChI=1S/C8H17NO5S2/c1-9(3-4-15(2,11)12)7-5-16(13,14)6-8(7)10/h7-8,10H,3-6H2,1-2H3. The first kappa shape index (κ1) is 13.9. The van der Waals surface area contributed by atoms with Crippen LogP contribution in [-0.2, 0) is 19.7 Å². The van der Waals surface area contributed by atoms with Crippen molar-refractivity contribution >= 4 is 19.7 Å². The molecular weight excluding hydrogens is 254 g/mol. The minimum absolute atomic E-state index is 0.0350. The highest BCUT2D eigenvalue weighted by atomic mass is 32.2. The lowest BCUT2D eigenvalue weighted by molar-refractivity contribution is 0.103. The Balaban J connectivity index is 2.59. The molecule has 16 heavy (non-hydrogen) atoms. The van der Waals surface area contributed by atoms with Crippen molar-refractivity contribution in [1.29, 1.82) is 0 Å². The molecular formula is C8H17NO5S2. The van der Waals surface area contributed by atoms with Crippen LogP contribution in [0.3, 0.4) is 0 Å². The normalized spacial score (nSPS) is 29.8. The van der Waals surface area contributed by atoms with Gasteiger partial charge in [-0.1, -0.05) is 0 Å². The van der Waals surface area contributed by atoms with E-state index in [1.54, 1.807) is 11.9 Å². The molecule has 1 aliphatic heterocycles. The summed E-state index contributed by atoms with van der Waals surface area (Å²) in [6.07, 6.45) is 0.206. The van der Waals surface area contributed by atoms with Gasteiger partial charge in [0.1, 0.15) is 9.84 Å². The van der Waals surface area contributed by atoms with Gasteiger partial charge >= 0.3 is 0 Å². The Kier molecular flexibility index (Phi) is 3.99. The van der Waals surface area contributed by atoms with E-state index < -0.39 is 31.8 Å². The Bertz CT molecular complexity index is 441. The minimum Gasteiger partial charge on any atom is -0.390 e. The molecule has 0 bridgehead atoms. The molecule has 1 saturated heterocycles. The molecule has 0 saturated carbocycles. The second-order valence-electron chi connectivity index (χ2n) is 4.32. The van der Waals surface area contributed by atoms with Crippen molar-refractivity contribution in [3.63, 3.8) is 0 Å². The van der Waals surface area contributed by atoms with Crippen LogP contribution >= 0.6 is 0 Å². The molecule has 1 aliphatic rings. The van der Waals surface area contributed by atoms with Crippen molar-refractivity contribution < 1.29 is 21.9 Å². The van der Waals surface area contributed by atoms with Crippen LogP contribution < -0.4 is 0 Å². The number of hydrogen-bond acceptors (Lipinski definition) is 6. The van der Waals surface area contributed by atoms with Crippen molar-refractivity contribution in [3.8, 4) is 0 Å². The number of rotatable bonds is 4. The summed E-state index contributed by atoms with van der Waals surface area (Å²) in [5.74, 6) is -0.373. The molecule has 1 rings (SSSR count). The van der Waals surface area contributed by atoms with E-state index >= 15 is 0 Å². The van der Waals surface area contributed by atoms with Gasteiger partial charge in [0.05, 0.1) is 29.4 Å². The van der Waals surface area contributed by atoms with Crippen LogP contribution in [0.25, 0.3) is 0 Å². The lowest BCUT2D eigenvalue weighted by atomic mass is 10.2. The first-order chi connectivity index (χ1) is 7.11. The summed E-state index contributed by atoms with van der Waals surface area (Å²) in [5.41, 5.74) is 0. The van der Waals surface area contributed by atoms with Crippen LogP contribution in [0.4, 0.5) is 0 Å². The van der Waals surface area contributed by atoms with Crippen LogP contribution in [0.1, 0.15) is 0 Å². The highest BCUT2D eigenvalue weighted by Gasteiger charge is 2.38. The molecule has 1 N–H and O–H groups in total. The second-order valence-corrected chi connectivity index (χ2v) is 8.74. The third-order valence-corrected chi connectivity index (χ3v) is 5.30. The van der Waals surface area contributed by atoms with Crippen LogP contribution in [0.15, 0.2) is 0 Å². The number of likely N-dealkylation sites (N-methyl/N-ethyl adjacent to an activating group) is 1. The molecule has 0 amide bonds. The number of nitrogens with zero attached hydrogens (tertiary/aromatic N) is 1. The molecule has 2 atom stereocenters. The fraction of sp³-hybridized carbons (Fsp3) is 1.00. The van der Waals surface area contributed by atoms with Crippen molar-refractivity contribution in [2.75, 3.05) is 37.1 Å². The summed E-state index contributed by atoms with van der Waals surface area (Å²) in [6, 6.07) is -0.494. The van der Waals surface area contributed by atoms with Crippen LogP contribution in [0.2, 0.25) is 0 Å². The molecule has 6 nitrogen and oxygen atoms in total. The zero-order valence-electron chi connectivity index (χ0n) is 9.33. The topological polar surface area (TPSA) is 91.8 Å². The van der Waals surface area contributed by atoms with E-state index in [0.717, 1.165) is 6.26 Å². The van der Waals surface area contributed by atoms with Gasteiger partial charge in [0.25, 0.3) is 0 Å². The van der Waals surface area contributed by atoms with Gasteiger partial charge in [-0.2, -0.15) is 0 Å². The summed E-state index contributed by atoms with van der Waals surface area (Å²) in [7, 11) is -4.63. The number of aliphatic hydroxyl groups is 1. The number of hydrogen-bond donors (Lipinski definition) is 1. The second kappa shape index (κ2) is 4.59. The highest BCUT2D eigenvalue weighted by Crippen LogP contribution is 2.17. The van der Waals surface area contributed by atoms with Gasteiger partial charge in [-0.15, -0.1) is 0 Å². The smallest absolute Gasteiger partial charge is 0.154 e. The highest BCUT2D eigenvalue weighted by molar-refractivity contribution is 7.91. The zero-order chi connectivity index (χ0) is 12.6. The SMILES string of the molecule is CN(CCS(C)(=O)=O)C1CS(=O)(=O)CC1O. The largest absolute Gasteiger partial charge is 0.390 e. The van der Waals surface area contributed by atoms with Gasteiger partial charge in [-0.05, 0) is 7.05 Å². The molecule has 96 valence electrons. The first-order valence-corrected chi connectivity index (χ1v) is 8.75. The Morgan fingerprint density at radius 3 is 2.31 bits per heavy atom. The van der Waals surface area contributed by atoms with Gasteiger partial charge in [0.2, 0.25) is 0 Å². The Labute approximate surface area is 96.1 Å². The van der Waals surface area contributed by atoms with Gasteiger partial charge in [-0.25, -0.2) is 16.8 Å². The predicted octanol–water partition coefficient (Wildman–Crippen LogP) is -1.88. The van der Waals surface area contributed by atoms with Crippen molar-refractivity contribution in [1.82, 2.24) is 4.90 Å². The summed E-state index contributed by atoms with van der Waals surface area (Å²) in [6.45, 7) is 0.232. The minimum atomic E-state index is -3.18. The van der Waals surface area contributed by atoms with E-state index in [-0.39, 0.29) is 23.8 Å². The maximum absolute atomic E-state index is 11.3. The van der Waals surface area contributed by atoms with Crippen molar-refractivity contribution in [2.45, 2.75) is 12.1 Å². The molecule has 1 fully saturated rings. The Morgan fingerprint density at radius 2 is 1.94 bits per heavy atom. The average molecular weight is 271 g/mol. The maximum Gasteiger partial charge on any atom is 0.154 e. The molecule has 1 heterocycles. The van der Waals surface area contributed by atoms with Gasteiger partial charge in [-0.3, -0.25) is 4.90 Å². The zero-order valence-corrected chi connectivity index (χ0v) is 11.0. The maximum atomic E-state index is 11.3. The van der Waals surface area contributed by atoms with Gasteiger partial charge in [0.15, 0.2) is 9.84 Å². The van der Waals surface area contributed by atoms with E-state index in [2.05, 4.69) is 0 Å². The lowest BCUT2D eigenvalue weighted by Gasteiger charge is -2.25. The lowest BCUT2D eigenvalue weighted by Crippen LogP contribution is -2.42. The quantitative estimate of drug-likeness (QED) is 0.643. The first-order valence-electron chi connectivity index (χ1n) is 4.87. The monoisotopic (exact) mass is 271 g/mol. The number of sulfone groups is 2. The molecule has 8 heteroatoms. The Morgan fingerprint density at radius 1 is 1.38 bits per heavy atom. The van der Waals surface area contributed by atoms with Crippen molar-refractivity contribution in [3.05, 3.63) is 0 Å². The van der Waals surface area contributed by atoms with E-state index in [1.807, 2.05) is 0 Å². The predicted molar refractivity (Wildman–Crippen MR) is 60.8 cm³/mol. The molecule has 0 aromatic heterocycles. The molecule has 0 aliphatic carbocycles. The Hall–Kier alpha value is -0.180. The molecule has 2 unspecified atom stereocenters. The van der Waals surface area contributed by atoms with E-state index in [0.29, 0.717) is 0 Å². The summed E-state index contributed by atoms with van der Waals surface area (Å²) in [5, 5.41) is 9.55. The fourth-order valence-corrected chi connectivity index (χ4v) is 4.20. The van der Waals surface area contributed by atoms with Crippen LogP contribution in [0.5, 0.6) is 0 Å². The van der Waals surface area contributed by atoms with Crippen LogP contribution in [-0.4, -0.2) is 76.1 Å². The van der Waals surface area contributed by atoms with E-state index in [4.69, 9.17) is 0 Å². The molecule has 0 aromatic carbocycles. The third-order valence-electron chi connectivity index (χ3n) is 2.67. The van der Waals surface area contributed by atoms with E-state index in [9.17, 15) is 21.9 Å². The fourth-order valence-electron chi connectivity index (χ4n) is 1.71. The summed E-state index contributed by atoms with van der Waals surface area (Å²) < 4.78 is 44.4. The van der Waals surface area contributed by atoms with Gasteiger partial charge < -0.3 is 5.11 Å². The number of aliphatic hydroxyl groups excluding tert-OH is 1. The molecule has 0 radical (unpaired) electrons. The average Bonchev–Trinajstić information content (AvgIpc) is 2.34. The van der Waals surface area contributed by atoms with Crippen LogP contribution in [0, 0.1) is 0 Å².